The SMILES string of the molecule is CN(c1ccc(S(=O)(=O)C(F)(F)F)cc1)C(C)(C)C(=O)O. The summed E-state index contributed by atoms with van der Waals surface area (Å²) >= 11 is 0. The van der Waals surface area contributed by atoms with Crippen molar-refractivity contribution in [1.82, 2.24) is 0 Å². The van der Waals surface area contributed by atoms with Crippen LogP contribution in [0, 0.1) is 0 Å². The number of rotatable bonds is 4. The Morgan fingerprint density at radius 2 is 1.57 bits per heavy atom. The van der Waals surface area contributed by atoms with Crippen LogP contribution in [-0.4, -0.2) is 37.6 Å². The lowest BCUT2D eigenvalue weighted by Gasteiger charge is -2.33. The highest BCUT2D eigenvalue weighted by molar-refractivity contribution is 7.92. The predicted octanol–water partition coefficient (Wildman–Crippen LogP) is 2.28. The van der Waals surface area contributed by atoms with Gasteiger partial charge in [0.25, 0.3) is 9.84 Å². The monoisotopic (exact) mass is 325 g/mol. The number of anilines is 1. The highest BCUT2D eigenvalue weighted by atomic mass is 32.2. The minimum absolute atomic E-state index is 0.281. The minimum atomic E-state index is -5.41. The van der Waals surface area contributed by atoms with Gasteiger partial charge < -0.3 is 10.0 Å². The van der Waals surface area contributed by atoms with Crippen LogP contribution < -0.4 is 4.90 Å². The molecule has 0 amide bonds. The number of sulfone groups is 1. The molecule has 1 aromatic carbocycles. The Balaban J connectivity index is 3.19. The van der Waals surface area contributed by atoms with Gasteiger partial charge in [-0.25, -0.2) is 13.2 Å². The number of nitrogens with zero attached hydrogens (tertiary/aromatic N) is 1. The highest BCUT2D eigenvalue weighted by Gasteiger charge is 2.46. The predicted molar refractivity (Wildman–Crippen MR) is 69.8 cm³/mol. The first kappa shape index (κ1) is 17.3. The highest BCUT2D eigenvalue weighted by Crippen LogP contribution is 2.31. The number of alkyl halides is 3. The van der Waals surface area contributed by atoms with Crippen molar-refractivity contribution in [2.75, 3.05) is 11.9 Å². The van der Waals surface area contributed by atoms with Crippen molar-refractivity contribution in [1.29, 1.82) is 0 Å². The van der Waals surface area contributed by atoms with Crippen LogP contribution in [0.4, 0.5) is 18.9 Å². The zero-order chi connectivity index (χ0) is 16.6. The van der Waals surface area contributed by atoms with Crippen LogP contribution in [0.3, 0.4) is 0 Å². The number of likely N-dealkylation sites (N-methyl/N-ethyl adjacent to an activating group) is 1. The van der Waals surface area contributed by atoms with E-state index in [1.807, 2.05) is 0 Å². The average Bonchev–Trinajstić information content (AvgIpc) is 2.36. The molecule has 118 valence electrons. The van der Waals surface area contributed by atoms with E-state index in [9.17, 15) is 26.4 Å². The van der Waals surface area contributed by atoms with Crippen LogP contribution in [0.15, 0.2) is 29.2 Å². The molecule has 0 bridgehead atoms. The van der Waals surface area contributed by atoms with Gasteiger partial charge >= 0.3 is 11.5 Å². The molecule has 0 aromatic heterocycles. The lowest BCUT2D eigenvalue weighted by atomic mass is 10.0. The first-order valence-electron chi connectivity index (χ1n) is 5.70. The van der Waals surface area contributed by atoms with Crippen LogP contribution >= 0.6 is 0 Å². The number of halogens is 3. The van der Waals surface area contributed by atoms with E-state index in [0.717, 1.165) is 24.3 Å². The Kier molecular flexibility index (Phi) is 4.29. The summed E-state index contributed by atoms with van der Waals surface area (Å²) < 4.78 is 59.6. The molecule has 0 saturated heterocycles. The van der Waals surface area contributed by atoms with Gasteiger partial charge in [-0.05, 0) is 38.1 Å². The van der Waals surface area contributed by atoms with E-state index < -0.39 is 31.7 Å². The molecule has 0 aliphatic rings. The lowest BCUT2D eigenvalue weighted by molar-refractivity contribution is -0.142. The number of benzene rings is 1. The molecule has 0 fully saturated rings. The second-order valence-electron chi connectivity index (χ2n) is 4.87. The summed E-state index contributed by atoms with van der Waals surface area (Å²) in [4.78, 5) is 11.5. The topological polar surface area (TPSA) is 74.7 Å². The molecule has 0 spiro atoms. The zero-order valence-corrected chi connectivity index (χ0v) is 12.3. The summed E-state index contributed by atoms with van der Waals surface area (Å²) in [5.74, 6) is -1.13. The molecule has 5 nitrogen and oxygen atoms in total. The van der Waals surface area contributed by atoms with E-state index in [1.54, 1.807) is 0 Å². The number of aliphatic carboxylic acids is 1. The molecule has 9 heteroatoms. The van der Waals surface area contributed by atoms with Gasteiger partial charge in [0, 0.05) is 12.7 Å². The normalized spacial score (nSPS) is 13.0. The summed E-state index contributed by atoms with van der Waals surface area (Å²) in [6.07, 6.45) is 0. The number of carboxylic acid groups (broad SMARTS) is 1. The van der Waals surface area contributed by atoms with Gasteiger partial charge in [-0.15, -0.1) is 0 Å². The van der Waals surface area contributed by atoms with E-state index in [4.69, 9.17) is 5.11 Å². The third-order valence-corrected chi connectivity index (χ3v) is 4.70. The van der Waals surface area contributed by atoms with Crippen molar-refractivity contribution in [2.45, 2.75) is 29.8 Å². The van der Waals surface area contributed by atoms with E-state index in [1.165, 1.54) is 25.8 Å². The van der Waals surface area contributed by atoms with Crippen molar-refractivity contribution in [3.8, 4) is 0 Å². The van der Waals surface area contributed by atoms with Crippen molar-refractivity contribution in [2.24, 2.45) is 0 Å². The molecule has 0 saturated carbocycles. The smallest absolute Gasteiger partial charge is 0.480 e. The number of hydrogen-bond acceptors (Lipinski definition) is 4. The molecule has 0 aliphatic heterocycles. The molecule has 21 heavy (non-hydrogen) atoms. The van der Waals surface area contributed by atoms with Gasteiger partial charge in [0.2, 0.25) is 0 Å². The standard InChI is InChI=1S/C12H14F3NO4S/c1-11(2,10(17)18)16(3)8-4-6-9(7-5-8)21(19,20)12(13,14)15/h4-7H,1-3H3,(H,17,18). The number of hydrogen-bond donors (Lipinski definition) is 1. The maximum Gasteiger partial charge on any atom is 0.501 e. The average molecular weight is 325 g/mol. The second kappa shape index (κ2) is 5.21. The van der Waals surface area contributed by atoms with E-state index >= 15 is 0 Å². The summed E-state index contributed by atoms with van der Waals surface area (Å²) in [5.41, 5.74) is -6.39. The molecule has 1 N–H and O–H groups in total. The zero-order valence-electron chi connectivity index (χ0n) is 11.5. The van der Waals surface area contributed by atoms with Gasteiger partial charge in [0.15, 0.2) is 0 Å². The van der Waals surface area contributed by atoms with Crippen LogP contribution in [0.2, 0.25) is 0 Å². The Morgan fingerprint density at radius 3 is 1.90 bits per heavy atom. The van der Waals surface area contributed by atoms with Crippen molar-refractivity contribution >= 4 is 21.5 Å². The van der Waals surface area contributed by atoms with Gasteiger partial charge in [0.05, 0.1) is 4.90 Å². The molecule has 0 unspecified atom stereocenters. The number of carboxylic acids is 1. The summed E-state index contributed by atoms with van der Waals surface area (Å²) in [6, 6.07) is 3.85. The third-order valence-electron chi connectivity index (χ3n) is 3.20. The lowest BCUT2D eigenvalue weighted by Crippen LogP contribution is -2.48. The van der Waals surface area contributed by atoms with Gasteiger partial charge in [0.1, 0.15) is 5.54 Å². The molecule has 0 heterocycles. The fraction of sp³-hybridized carbons (Fsp3) is 0.417. The largest absolute Gasteiger partial charge is 0.501 e. The Morgan fingerprint density at radius 1 is 1.14 bits per heavy atom. The Bertz CT molecular complexity index is 635. The summed E-state index contributed by atoms with van der Waals surface area (Å²) in [7, 11) is -3.96. The van der Waals surface area contributed by atoms with Gasteiger partial charge in [-0.1, -0.05) is 0 Å². The van der Waals surface area contributed by atoms with Crippen molar-refractivity contribution in [3.63, 3.8) is 0 Å². The van der Waals surface area contributed by atoms with E-state index in [0.29, 0.717) is 0 Å². The minimum Gasteiger partial charge on any atom is -0.480 e. The quantitative estimate of drug-likeness (QED) is 0.919. The summed E-state index contributed by atoms with van der Waals surface area (Å²) in [5, 5.41) is 9.08. The Hall–Kier alpha value is -1.77. The first-order chi connectivity index (χ1) is 9.31. The van der Waals surface area contributed by atoms with Crippen molar-refractivity contribution < 1.29 is 31.5 Å². The molecule has 1 rings (SSSR count). The van der Waals surface area contributed by atoms with Crippen LogP contribution in [-0.2, 0) is 14.6 Å². The molecule has 1 aromatic rings. The van der Waals surface area contributed by atoms with E-state index in [-0.39, 0.29) is 5.69 Å². The van der Waals surface area contributed by atoms with Gasteiger partial charge in [-0.2, -0.15) is 13.2 Å². The number of carbonyl (C=O) groups is 1. The van der Waals surface area contributed by atoms with Crippen molar-refractivity contribution in [3.05, 3.63) is 24.3 Å². The van der Waals surface area contributed by atoms with Gasteiger partial charge in [-0.3, -0.25) is 0 Å². The molecule has 0 atom stereocenters. The molecular formula is C12H14F3NO4S. The van der Waals surface area contributed by atoms with Crippen LogP contribution in [0.5, 0.6) is 0 Å². The molecular weight excluding hydrogens is 311 g/mol. The fourth-order valence-electron chi connectivity index (χ4n) is 1.45. The van der Waals surface area contributed by atoms with Crippen LogP contribution in [0.25, 0.3) is 0 Å². The molecule has 0 radical (unpaired) electrons. The van der Waals surface area contributed by atoms with Crippen LogP contribution in [0.1, 0.15) is 13.8 Å². The second-order valence-corrected chi connectivity index (χ2v) is 6.81. The maximum atomic E-state index is 12.4. The summed E-state index contributed by atoms with van der Waals surface area (Å²) in [6.45, 7) is 2.82. The van der Waals surface area contributed by atoms with E-state index in [2.05, 4.69) is 0 Å². The fourth-order valence-corrected chi connectivity index (χ4v) is 2.21. The molecule has 0 aliphatic carbocycles. The Labute approximate surface area is 119 Å². The maximum absolute atomic E-state index is 12.4. The first-order valence-corrected chi connectivity index (χ1v) is 7.19. The third kappa shape index (κ3) is 3.12.